The molecule has 0 aromatic heterocycles. The van der Waals surface area contributed by atoms with Gasteiger partial charge in [0.1, 0.15) is 5.82 Å². The highest BCUT2D eigenvalue weighted by Crippen LogP contribution is 2.22. The molecule has 6 heteroatoms. The molecule has 0 amide bonds. The molecule has 0 saturated heterocycles. The zero-order chi connectivity index (χ0) is 19.8. The molecule has 0 radical (unpaired) electrons. The Morgan fingerprint density at radius 3 is 2.59 bits per heavy atom. The van der Waals surface area contributed by atoms with Gasteiger partial charge in [-0.1, -0.05) is 18.2 Å². The number of hydrogen-bond acceptors (Lipinski definition) is 3. The van der Waals surface area contributed by atoms with Crippen LogP contribution in [0.15, 0.2) is 36.4 Å². The Morgan fingerprint density at radius 1 is 1.15 bits per heavy atom. The van der Waals surface area contributed by atoms with Gasteiger partial charge in [-0.15, -0.1) is 0 Å². The molecule has 1 atom stereocenters. The number of ether oxygens (including phenoxy) is 1. The van der Waals surface area contributed by atoms with E-state index < -0.39 is 5.97 Å². The lowest BCUT2D eigenvalue weighted by Gasteiger charge is -2.15. The van der Waals surface area contributed by atoms with Gasteiger partial charge in [-0.25, -0.2) is 8.78 Å². The number of carbonyl (C=O) groups is 1. The number of aliphatic carboxylic acids is 1. The van der Waals surface area contributed by atoms with E-state index in [4.69, 9.17) is 9.84 Å². The maximum absolute atomic E-state index is 14.0. The predicted octanol–water partition coefficient (Wildman–Crippen LogP) is 4.27. The van der Waals surface area contributed by atoms with Crippen molar-refractivity contribution in [3.63, 3.8) is 0 Å². The predicted molar refractivity (Wildman–Crippen MR) is 100 cm³/mol. The Kier molecular flexibility index (Phi) is 7.73. The van der Waals surface area contributed by atoms with Crippen molar-refractivity contribution in [1.29, 1.82) is 0 Å². The van der Waals surface area contributed by atoms with Crippen molar-refractivity contribution in [2.75, 3.05) is 13.7 Å². The molecule has 146 valence electrons. The first kappa shape index (κ1) is 20.8. The second kappa shape index (κ2) is 10.0. The third-order valence-electron chi connectivity index (χ3n) is 4.49. The molecule has 0 fully saturated rings. The Balaban J connectivity index is 1.81. The molecule has 0 aliphatic carbocycles. The highest BCUT2D eigenvalue weighted by molar-refractivity contribution is 5.67. The van der Waals surface area contributed by atoms with Crippen LogP contribution >= 0.6 is 0 Å². The summed E-state index contributed by atoms with van der Waals surface area (Å²) in [6, 6.07) is 9.81. The minimum atomic E-state index is -0.933. The summed E-state index contributed by atoms with van der Waals surface area (Å²) in [5.74, 6) is -1.45. The summed E-state index contributed by atoms with van der Waals surface area (Å²) in [6.45, 7) is 2.72. The molecule has 4 nitrogen and oxygen atoms in total. The number of carboxylic acids is 1. The summed E-state index contributed by atoms with van der Waals surface area (Å²) < 4.78 is 32.5. The lowest BCUT2D eigenvalue weighted by atomic mass is 10.0. The second-order valence-corrected chi connectivity index (χ2v) is 6.49. The normalized spacial score (nSPS) is 12.0. The maximum atomic E-state index is 14.0. The highest BCUT2D eigenvalue weighted by Gasteiger charge is 2.10. The summed E-state index contributed by atoms with van der Waals surface area (Å²) in [5, 5.41) is 12.0. The third kappa shape index (κ3) is 6.32. The smallest absolute Gasteiger partial charge is 0.303 e. The van der Waals surface area contributed by atoms with Gasteiger partial charge in [0, 0.05) is 12.5 Å². The average Bonchev–Trinajstić information content (AvgIpc) is 2.64. The molecule has 2 rings (SSSR count). The van der Waals surface area contributed by atoms with Crippen LogP contribution < -0.4 is 10.1 Å². The first-order valence-corrected chi connectivity index (χ1v) is 8.96. The number of benzene rings is 2. The van der Waals surface area contributed by atoms with Crippen LogP contribution in [-0.4, -0.2) is 24.7 Å². The van der Waals surface area contributed by atoms with E-state index in [2.05, 4.69) is 5.32 Å². The van der Waals surface area contributed by atoms with E-state index in [1.807, 2.05) is 13.0 Å². The fourth-order valence-electron chi connectivity index (χ4n) is 2.87. The van der Waals surface area contributed by atoms with Gasteiger partial charge in [-0.05, 0) is 67.6 Å². The number of methoxy groups -OCH3 is 1. The fourth-order valence-corrected chi connectivity index (χ4v) is 2.87. The van der Waals surface area contributed by atoms with E-state index in [0.717, 1.165) is 24.1 Å². The van der Waals surface area contributed by atoms with Crippen LogP contribution in [0.5, 0.6) is 5.75 Å². The lowest BCUT2D eigenvalue weighted by Crippen LogP contribution is -2.20. The van der Waals surface area contributed by atoms with Crippen LogP contribution in [0.2, 0.25) is 0 Å². The fraction of sp³-hybridized carbons (Fsp3) is 0.381. The summed E-state index contributed by atoms with van der Waals surface area (Å²) >= 11 is 0. The monoisotopic (exact) mass is 377 g/mol. The van der Waals surface area contributed by atoms with Crippen LogP contribution in [0.3, 0.4) is 0 Å². The average molecular weight is 377 g/mol. The molecule has 0 bridgehead atoms. The number of halogens is 2. The van der Waals surface area contributed by atoms with E-state index in [-0.39, 0.29) is 36.3 Å². The Hall–Kier alpha value is -2.47. The molecule has 27 heavy (non-hydrogen) atoms. The summed E-state index contributed by atoms with van der Waals surface area (Å²) in [4.78, 5) is 10.6. The quantitative estimate of drug-likeness (QED) is 0.607. The lowest BCUT2D eigenvalue weighted by molar-refractivity contribution is -0.136. The van der Waals surface area contributed by atoms with Gasteiger partial charge >= 0.3 is 5.97 Å². The van der Waals surface area contributed by atoms with Crippen LogP contribution in [0.4, 0.5) is 8.78 Å². The van der Waals surface area contributed by atoms with Crippen molar-refractivity contribution in [2.24, 2.45) is 0 Å². The largest absolute Gasteiger partial charge is 0.494 e. The number of aryl methyl sites for hydroxylation is 2. The topological polar surface area (TPSA) is 58.6 Å². The van der Waals surface area contributed by atoms with Crippen LogP contribution in [0.25, 0.3) is 0 Å². The number of hydrogen-bond donors (Lipinski definition) is 2. The molecule has 1 unspecified atom stereocenters. The van der Waals surface area contributed by atoms with Crippen molar-refractivity contribution < 1.29 is 23.4 Å². The maximum Gasteiger partial charge on any atom is 0.303 e. The van der Waals surface area contributed by atoms with Gasteiger partial charge in [0.25, 0.3) is 0 Å². The summed E-state index contributed by atoms with van der Waals surface area (Å²) in [5.41, 5.74) is 2.24. The zero-order valence-electron chi connectivity index (χ0n) is 15.6. The van der Waals surface area contributed by atoms with Crippen molar-refractivity contribution in [2.45, 2.75) is 38.6 Å². The van der Waals surface area contributed by atoms with Gasteiger partial charge in [-0.3, -0.25) is 4.79 Å². The van der Waals surface area contributed by atoms with Crippen LogP contribution in [0, 0.1) is 11.6 Å². The van der Waals surface area contributed by atoms with Gasteiger partial charge in [-0.2, -0.15) is 0 Å². The van der Waals surface area contributed by atoms with Crippen molar-refractivity contribution in [3.8, 4) is 5.75 Å². The molecular formula is C21H25F2NO3. The summed E-state index contributed by atoms with van der Waals surface area (Å²) in [7, 11) is 1.44. The van der Waals surface area contributed by atoms with Crippen molar-refractivity contribution in [3.05, 3.63) is 64.7 Å². The van der Waals surface area contributed by atoms with E-state index in [1.165, 1.54) is 19.2 Å². The van der Waals surface area contributed by atoms with Crippen LogP contribution in [-0.2, 0) is 17.6 Å². The molecule has 0 heterocycles. The molecule has 2 N–H and O–H groups in total. The minimum absolute atomic E-state index is 0.0367. The number of rotatable bonds is 10. The van der Waals surface area contributed by atoms with Crippen molar-refractivity contribution in [1.82, 2.24) is 5.32 Å². The standard InChI is InChI=1S/C21H25F2NO3/c1-14(17-7-9-18(22)20(13-17)27-2)24-11-3-4-15-5-6-16(19(23)12-15)8-10-21(25)26/h5-7,9,12-14,24H,3-4,8,10-11H2,1-2H3,(H,25,26). The molecule has 2 aromatic rings. The third-order valence-corrected chi connectivity index (χ3v) is 4.49. The van der Waals surface area contributed by atoms with Gasteiger partial charge in [0.05, 0.1) is 7.11 Å². The SMILES string of the molecule is COc1cc(C(C)NCCCc2ccc(CCC(=O)O)c(F)c2)ccc1F. The van der Waals surface area contributed by atoms with E-state index in [9.17, 15) is 13.6 Å². The molecule has 0 spiro atoms. The van der Waals surface area contributed by atoms with E-state index >= 15 is 0 Å². The molecule has 2 aromatic carbocycles. The van der Waals surface area contributed by atoms with E-state index in [0.29, 0.717) is 12.0 Å². The number of nitrogens with one attached hydrogen (secondary N) is 1. The first-order valence-electron chi connectivity index (χ1n) is 8.96. The van der Waals surface area contributed by atoms with Crippen molar-refractivity contribution >= 4 is 5.97 Å². The Bertz CT molecular complexity index is 780. The second-order valence-electron chi connectivity index (χ2n) is 6.49. The van der Waals surface area contributed by atoms with Gasteiger partial charge < -0.3 is 15.2 Å². The molecule has 0 aliphatic heterocycles. The zero-order valence-corrected chi connectivity index (χ0v) is 15.6. The highest BCUT2D eigenvalue weighted by atomic mass is 19.1. The minimum Gasteiger partial charge on any atom is -0.494 e. The van der Waals surface area contributed by atoms with Gasteiger partial charge in [0.15, 0.2) is 11.6 Å². The Morgan fingerprint density at radius 2 is 1.93 bits per heavy atom. The number of carboxylic acid groups (broad SMARTS) is 1. The molecule has 0 aliphatic rings. The Labute approximate surface area is 158 Å². The summed E-state index contributed by atoms with van der Waals surface area (Å²) in [6.07, 6.45) is 1.65. The van der Waals surface area contributed by atoms with Crippen LogP contribution in [0.1, 0.15) is 42.5 Å². The first-order chi connectivity index (χ1) is 12.9. The molecule has 0 saturated carbocycles. The van der Waals surface area contributed by atoms with E-state index in [1.54, 1.807) is 18.2 Å². The van der Waals surface area contributed by atoms with Gasteiger partial charge in [0.2, 0.25) is 0 Å². The molecular weight excluding hydrogens is 352 g/mol.